The molecule has 5 rings (SSSR count). The van der Waals surface area contributed by atoms with Crippen molar-refractivity contribution in [3.05, 3.63) is 95.6 Å². The van der Waals surface area contributed by atoms with Crippen molar-refractivity contribution in [1.82, 2.24) is 9.55 Å². The summed E-state index contributed by atoms with van der Waals surface area (Å²) in [6.07, 6.45) is 1.00. The molecule has 0 unspecified atom stereocenters. The van der Waals surface area contributed by atoms with Crippen molar-refractivity contribution in [1.29, 1.82) is 0 Å². The van der Waals surface area contributed by atoms with Crippen LogP contribution in [0, 0.1) is 6.92 Å². The molecular weight excluding hydrogens is 318 g/mol. The highest BCUT2D eigenvalue weighted by Gasteiger charge is 2.30. The number of para-hydroxylation sites is 2. The molecule has 128 valence electrons. The summed E-state index contributed by atoms with van der Waals surface area (Å²) < 4.78 is 2.36. The van der Waals surface area contributed by atoms with Gasteiger partial charge in [0.25, 0.3) is 0 Å². The summed E-state index contributed by atoms with van der Waals surface area (Å²) >= 11 is 0. The quantitative estimate of drug-likeness (QED) is 0.523. The van der Waals surface area contributed by atoms with Crippen molar-refractivity contribution in [3.8, 4) is 0 Å². The minimum absolute atomic E-state index is 0.256. The molecule has 0 saturated carbocycles. The molecule has 1 aromatic heterocycles. The highest BCUT2D eigenvalue weighted by molar-refractivity contribution is 5.79. The molecule has 2 heterocycles. The van der Waals surface area contributed by atoms with Gasteiger partial charge in [0, 0.05) is 0 Å². The molecule has 0 spiro atoms. The van der Waals surface area contributed by atoms with Crippen LogP contribution in [0.15, 0.2) is 78.9 Å². The Balaban J connectivity index is 1.69. The van der Waals surface area contributed by atoms with Crippen molar-refractivity contribution in [3.63, 3.8) is 0 Å². The van der Waals surface area contributed by atoms with Gasteiger partial charge in [-0.25, -0.2) is 4.98 Å². The van der Waals surface area contributed by atoms with Gasteiger partial charge in [-0.2, -0.15) is 0 Å². The number of fused-ring (bicyclic) bond motifs is 3. The Morgan fingerprint density at radius 3 is 2.50 bits per heavy atom. The van der Waals surface area contributed by atoms with Gasteiger partial charge in [-0.3, -0.25) is 0 Å². The predicted molar refractivity (Wildman–Crippen MR) is 106 cm³/mol. The topological polar surface area (TPSA) is 29.9 Å². The van der Waals surface area contributed by atoms with Crippen LogP contribution in [0.2, 0.25) is 0 Å². The molecule has 1 aliphatic rings. The Morgan fingerprint density at radius 1 is 0.885 bits per heavy atom. The molecule has 3 heteroatoms. The number of hydrogen-bond acceptors (Lipinski definition) is 2. The average molecular weight is 339 g/mol. The summed E-state index contributed by atoms with van der Waals surface area (Å²) in [5, 5.41) is 3.67. The summed E-state index contributed by atoms with van der Waals surface area (Å²) in [5.41, 5.74) is 6.18. The molecule has 0 radical (unpaired) electrons. The molecule has 3 nitrogen and oxygen atoms in total. The first-order valence-electron chi connectivity index (χ1n) is 9.14. The second-order valence-corrected chi connectivity index (χ2v) is 7.07. The van der Waals surface area contributed by atoms with Crippen molar-refractivity contribution in [2.24, 2.45) is 0 Å². The van der Waals surface area contributed by atoms with Crippen molar-refractivity contribution < 1.29 is 0 Å². The molecule has 0 amide bonds. The Bertz CT molecular complexity index is 1070. The maximum Gasteiger partial charge on any atom is 0.204 e. The van der Waals surface area contributed by atoms with Gasteiger partial charge < -0.3 is 9.88 Å². The average Bonchev–Trinajstić information content (AvgIpc) is 3.06. The summed E-state index contributed by atoms with van der Waals surface area (Å²) in [5.74, 6) is 0.956. The third-order valence-corrected chi connectivity index (χ3v) is 5.30. The van der Waals surface area contributed by atoms with Gasteiger partial charge in [0.2, 0.25) is 5.95 Å². The van der Waals surface area contributed by atoms with E-state index in [0.29, 0.717) is 0 Å². The third-order valence-electron chi connectivity index (χ3n) is 5.30. The molecule has 0 saturated heterocycles. The monoisotopic (exact) mass is 339 g/mol. The molecule has 2 atom stereocenters. The minimum Gasteiger partial charge on any atom is -0.349 e. The van der Waals surface area contributed by atoms with E-state index in [-0.39, 0.29) is 12.1 Å². The van der Waals surface area contributed by atoms with Crippen LogP contribution in [0.5, 0.6) is 0 Å². The zero-order chi connectivity index (χ0) is 17.5. The van der Waals surface area contributed by atoms with Crippen LogP contribution in [0.3, 0.4) is 0 Å². The highest BCUT2D eigenvalue weighted by Crippen LogP contribution is 2.41. The van der Waals surface area contributed by atoms with Crippen LogP contribution < -0.4 is 5.32 Å². The van der Waals surface area contributed by atoms with Crippen LogP contribution in [-0.4, -0.2) is 9.55 Å². The van der Waals surface area contributed by atoms with E-state index in [1.165, 1.54) is 22.2 Å². The normalized spacial score (nSPS) is 19.1. The van der Waals surface area contributed by atoms with E-state index in [1.807, 2.05) is 0 Å². The number of nitrogens with one attached hydrogen (secondary N) is 1. The molecule has 3 aromatic carbocycles. The summed E-state index contributed by atoms with van der Waals surface area (Å²) in [6.45, 7) is 2.16. The van der Waals surface area contributed by atoms with Gasteiger partial charge in [-0.15, -0.1) is 0 Å². The van der Waals surface area contributed by atoms with Gasteiger partial charge in [0.05, 0.1) is 23.1 Å². The van der Waals surface area contributed by atoms with E-state index < -0.39 is 0 Å². The van der Waals surface area contributed by atoms with E-state index in [0.717, 1.165) is 17.9 Å². The number of anilines is 1. The highest BCUT2D eigenvalue weighted by atomic mass is 15.3. The van der Waals surface area contributed by atoms with Gasteiger partial charge in [0.1, 0.15) is 0 Å². The number of benzene rings is 3. The number of rotatable bonds is 2. The van der Waals surface area contributed by atoms with Crippen LogP contribution >= 0.6 is 0 Å². The number of aryl methyl sites for hydroxylation is 1. The van der Waals surface area contributed by atoms with E-state index >= 15 is 0 Å². The number of imidazole rings is 1. The van der Waals surface area contributed by atoms with Crippen LogP contribution in [0.1, 0.15) is 35.2 Å². The maximum absolute atomic E-state index is 4.88. The SMILES string of the molecule is Cc1cccc([C@@H]2C[C@@H](c3ccccc3)Nc3nc4ccccc4n32)c1. The fraction of sp³-hybridized carbons (Fsp3) is 0.174. The van der Waals surface area contributed by atoms with Gasteiger partial charge in [-0.05, 0) is 36.6 Å². The van der Waals surface area contributed by atoms with E-state index in [2.05, 4.69) is 95.7 Å². The molecule has 0 bridgehead atoms. The van der Waals surface area contributed by atoms with Gasteiger partial charge in [-0.1, -0.05) is 72.3 Å². The fourth-order valence-corrected chi connectivity index (χ4v) is 4.07. The van der Waals surface area contributed by atoms with Gasteiger partial charge >= 0.3 is 0 Å². The molecule has 1 N–H and O–H groups in total. The zero-order valence-corrected chi connectivity index (χ0v) is 14.8. The Labute approximate surface area is 153 Å². The lowest BCUT2D eigenvalue weighted by Gasteiger charge is -2.33. The van der Waals surface area contributed by atoms with Crippen molar-refractivity contribution in [2.45, 2.75) is 25.4 Å². The first-order chi connectivity index (χ1) is 12.8. The first kappa shape index (κ1) is 15.2. The molecular formula is C23H21N3. The van der Waals surface area contributed by atoms with Crippen LogP contribution in [-0.2, 0) is 0 Å². The second-order valence-electron chi connectivity index (χ2n) is 7.07. The molecule has 0 aliphatic carbocycles. The zero-order valence-electron chi connectivity index (χ0n) is 14.8. The predicted octanol–water partition coefficient (Wildman–Crippen LogP) is 5.49. The molecule has 26 heavy (non-hydrogen) atoms. The smallest absolute Gasteiger partial charge is 0.204 e. The van der Waals surface area contributed by atoms with Crippen LogP contribution in [0.4, 0.5) is 5.95 Å². The number of hydrogen-bond donors (Lipinski definition) is 1. The second kappa shape index (κ2) is 6.03. The molecule has 0 fully saturated rings. The first-order valence-corrected chi connectivity index (χ1v) is 9.14. The summed E-state index contributed by atoms with van der Waals surface area (Å²) in [7, 11) is 0. The number of nitrogens with zero attached hydrogens (tertiary/aromatic N) is 2. The maximum atomic E-state index is 4.88. The van der Waals surface area contributed by atoms with E-state index in [4.69, 9.17) is 4.98 Å². The summed E-state index contributed by atoms with van der Waals surface area (Å²) in [6, 6.07) is 28.5. The van der Waals surface area contributed by atoms with Crippen LogP contribution in [0.25, 0.3) is 11.0 Å². The summed E-state index contributed by atoms with van der Waals surface area (Å²) in [4.78, 5) is 4.88. The standard InChI is InChI=1S/C23H21N3/c1-16-8-7-11-18(14-16)22-15-20(17-9-3-2-4-10-17)25-23-24-19-12-5-6-13-21(19)26(22)23/h2-14,20,22H,15H2,1H3,(H,24,25)/t20-,22-/m0/s1. The lowest BCUT2D eigenvalue weighted by Crippen LogP contribution is -2.27. The fourth-order valence-electron chi connectivity index (χ4n) is 4.07. The van der Waals surface area contributed by atoms with Gasteiger partial charge in [0.15, 0.2) is 0 Å². The van der Waals surface area contributed by atoms with Crippen molar-refractivity contribution in [2.75, 3.05) is 5.32 Å². The molecule has 4 aromatic rings. The van der Waals surface area contributed by atoms with Crippen molar-refractivity contribution >= 4 is 17.0 Å². The Hall–Kier alpha value is -3.07. The Kier molecular flexibility index (Phi) is 3.52. The number of aromatic nitrogens is 2. The van der Waals surface area contributed by atoms with E-state index in [1.54, 1.807) is 0 Å². The lowest BCUT2D eigenvalue weighted by molar-refractivity contribution is 0.477. The van der Waals surface area contributed by atoms with E-state index in [9.17, 15) is 0 Å². The Morgan fingerprint density at radius 2 is 1.65 bits per heavy atom. The third kappa shape index (κ3) is 2.48. The minimum atomic E-state index is 0.256. The lowest BCUT2D eigenvalue weighted by atomic mass is 9.92. The molecule has 1 aliphatic heterocycles. The largest absolute Gasteiger partial charge is 0.349 e.